The summed E-state index contributed by atoms with van der Waals surface area (Å²) in [5.74, 6) is -4.92. The molecule has 2 fully saturated rings. The SMILES string of the molecule is C=CC1=C(C)C2=NC1=CC1=NC(=C(CC)/C1=C\O)C=C1N=C3C(=C1C)C(=O)[C@H](C(=O)O)C3=C1NC(=C2)[C@@H](C)[C@@H]1CCC(=O)O. The molecule has 1 aliphatic carbocycles. The third-order valence-corrected chi connectivity index (χ3v) is 9.21. The highest BCUT2D eigenvalue weighted by Crippen LogP contribution is 2.47. The molecule has 6 rings (SSSR count). The monoisotopic (exact) mass is 592 g/mol. The number of hydrogen-bond acceptors (Lipinski definition) is 8. The van der Waals surface area contributed by atoms with Gasteiger partial charge in [0, 0.05) is 51.9 Å². The van der Waals surface area contributed by atoms with Gasteiger partial charge in [0.25, 0.3) is 0 Å². The summed E-state index contributed by atoms with van der Waals surface area (Å²) in [5.41, 5.74) is 8.42. The molecule has 10 nitrogen and oxygen atoms in total. The molecule has 1 saturated heterocycles. The van der Waals surface area contributed by atoms with Crippen LogP contribution in [0.15, 0.2) is 120 Å². The van der Waals surface area contributed by atoms with Gasteiger partial charge in [-0.15, -0.1) is 0 Å². The summed E-state index contributed by atoms with van der Waals surface area (Å²) in [6, 6.07) is 0. The number of nitrogens with zero attached hydrogens (tertiary/aromatic N) is 3. The minimum Gasteiger partial charge on any atom is -0.515 e. The number of allylic oxidation sites excluding steroid dienone is 11. The van der Waals surface area contributed by atoms with Crippen LogP contribution in [0.25, 0.3) is 0 Å². The molecule has 4 N–H and O–H groups in total. The van der Waals surface area contributed by atoms with Gasteiger partial charge in [-0.3, -0.25) is 14.4 Å². The number of aliphatic hydroxyl groups excluding tert-OH is 1. The number of fused-ring (bicyclic) bond motifs is 5. The molecule has 0 aromatic heterocycles. The van der Waals surface area contributed by atoms with Gasteiger partial charge in [-0.25, -0.2) is 15.0 Å². The summed E-state index contributed by atoms with van der Waals surface area (Å²) in [4.78, 5) is 52.6. The van der Waals surface area contributed by atoms with E-state index in [-0.39, 0.29) is 29.9 Å². The van der Waals surface area contributed by atoms with Crippen LogP contribution in [0.3, 0.4) is 0 Å². The highest BCUT2D eigenvalue weighted by molar-refractivity contribution is 6.42. The minimum atomic E-state index is -1.47. The largest absolute Gasteiger partial charge is 0.515 e. The van der Waals surface area contributed by atoms with Crippen LogP contribution in [0.1, 0.15) is 47.0 Å². The standard InChI is InChI=1S/C34H32N4O6/c1-6-17-14(3)21-10-22-15(4)19(8-9-27(40)41)31(37-22)29-30(34(43)44)33(42)28-16(5)23(38-32(28)29)11-25-18(7-2)20(13-39)26(36-25)12-24(17)35-21/h6,10-13,15,19,30,37,39H,1,7-9H2,2-5H3,(H,40,41)(H,43,44)/b20-13+,22-10?,23-11?,24-12?,31-29?/t15-,19-,30+/m0/s1. The molecule has 10 heteroatoms. The van der Waals surface area contributed by atoms with Crippen molar-refractivity contribution >= 4 is 34.9 Å². The van der Waals surface area contributed by atoms with Gasteiger partial charge in [-0.05, 0) is 61.6 Å². The smallest absolute Gasteiger partial charge is 0.319 e. The molecule has 5 heterocycles. The maximum Gasteiger partial charge on any atom is 0.319 e. The lowest BCUT2D eigenvalue weighted by Crippen LogP contribution is -2.25. The predicted octanol–water partition coefficient (Wildman–Crippen LogP) is 5.20. The third-order valence-electron chi connectivity index (χ3n) is 9.21. The Bertz CT molecular complexity index is 1850. The number of carbonyl (C=O) groups is 3. The van der Waals surface area contributed by atoms with Gasteiger partial charge in [-0.2, -0.15) is 0 Å². The average molecular weight is 593 g/mol. The van der Waals surface area contributed by atoms with E-state index in [1.54, 1.807) is 19.1 Å². The maximum absolute atomic E-state index is 13.8. The first kappa shape index (κ1) is 29.0. The molecule has 6 aliphatic rings. The molecule has 0 aromatic carbocycles. The van der Waals surface area contributed by atoms with Crippen LogP contribution in [0.2, 0.25) is 0 Å². The van der Waals surface area contributed by atoms with Crippen LogP contribution < -0.4 is 5.32 Å². The lowest BCUT2D eigenvalue weighted by atomic mass is 9.85. The quantitative estimate of drug-likeness (QED) is 0.244. The molecular formula is C34H32N4O6. The van der Waals surface area contributed by atoms with Gasteiger partial charge in [0.05, 0.1) is 40.5 Å². The zero-order valence-electron chi connectivity index (χ0n) is 24.9. The lowest BCUT2D eigenvalue weighted by Gasteiger charge is -2.18. The molecule has 1 saturated carbocycles. The number of nitrogens with one attached hydrogen (secondary N) is 1. The number of hydrogen-bond donors (Lipinski definition) is 4. The van der Waals surface area contributed by atoms with E-state index in [0.29, 0.717) is 57.5 Å². The number of carbonyl (C=O) groups excluding carboxylic acids is 1. The third kappa shape index (κ3) is 4.24. The van der Waals surface area contributed by atoms with E-state index in [1.165, 1.54) is 0 Å². The number of carboxylic acids is 2. The van der Waals surface area contributed by atoms with Crippen molar-refractivity contribution in [2.75, 3.05) is 0 Å². The number of rotatable bonds is 6. The molecule has 224 valence electrons. The normalized spacial score (nSPS) is 26.6. The Balaban J connectivity index is 1.69. The Morgan fingerprint density at radius 1 is 1.05 bits per heavy atom. The fraction of sp³-hybridized carbons (Fsp3) is 0.294. The van der Waals surface area contributed by atoms with E-state index in [0.717, 1.165) is 28.7 Å². The second-order valence-electron chi connectivity index (χ2n) is 11.5. The van der Waals surface area contributed by atoms with E-state index in [1.807, 2.05) is 32.9 Å². The van der Waals surface area contributed by atoms with Gasteiger partial charge in [-0.1, -0.05) is 26.5 Å². The minimum absolute atomic E-state index is 0.131. The predicted molar refractivity (Wildman–Crippen MR) is 166 cm³/mol. The van der Waals surface area contributed by atoms with E-state index in [9.17, 15) is 29.7 Å². The second-order valence-corrected chi connectivity index (χ2v) is 11.5. The molecule has 44 heavy (non-hydrogen) atoms. The molecule has 0 unspecified atom stereocenters. The molecule has 0 radical (unpaired) electrons. The van der Waals surface area contributed by atoms with Crippen molar-refractivity contribution in [3.05, 3.63) is 105 Å². The number of aliphatic hydroxyl groups is 1. The van der Waals surface area contributed by atoms with Crippen molar-refractivity contribution in [1.82, 2.24) is 5.32 Å². The average Bonchev–Trinajstić information content (AvgIpc) is 3.72. The van der Waals surface area contributed by atoms with Crippen molar-refractivity contribution in [2.45, 2.75) is 47.0 Å². The first-order valence-corrected chi connectivity index (χ1v) is 14.6. The van der Waals surface area contributed by atoms with Crippen molar-refractivity contribution < 1.29 is 29.7 Å². The number of aliphatic carboxylic acids is 2. The Morgan fingerprint density at radius 3 is 2.43 bits per heavy atom. The van der Waals surface area contributed by atoms with Crippen LogP contribution in [0.4, 0.5) is 0 Å². The Morgan fingerprint density at radius 2 is 1.80 bits per heavy atom. The Labute approximate surface area is 254 Å². The van der Waals surface area contributed by atoms with Gasteiger partial charge in [0.1, 0.15) is 5.92 Å². The fourth-order valence-electron chi connectivity index (χ4n) is 6.88. The summed E-state index contributed by atoms with van der Waals surface area (Å²) in [7, 11) is 0. The Kier molecular flexibility index (Phi) is 6.95. The fourth-order valence-corrected chi connectivity index (χ4v) is 6.88. The molecule has 8 bridgehead atoms. The molecule has 5 aliphatic heterocycles. The highest BCUT2D eigenvalue weighted by atomic mass is 16.4. The van der Waals surface area contributed by atoms with Crippen LogP contribution in [0.5, 0.6) is 0 Å². The lowest BCUT2D eigenvalue weighted by molar-refractivity contribution is -0.143. The number of aliphatic imine (C=N–C) groups is 3. The van der Waals surface area contributed by atoms with Crippen molar-refractivity contribution in [1.29, 1.82) is 0 Å². The summed E-state index contributed by atoms with van der Waals surface area (Å²) >= 11 is 0. The van der Waals surface area contributed by atoms with E-state index in [4.69, 9.17) is 15.0 Å². The zero-order valence-corrected chi connectivity index (χ0v) is 24.9. The molecule has 0 spiro atoms. The number of Topliss-reactive ketones (excluding diaryl/α,β-unsaturated/α-hetero) is 1. The summed E-state index contributed by atoms with van der Waals surface area (Å²) in [6.45, 7) is 11.6. The van der Waals surface area contributed by atoms with E-state index >= 15 is 0 Å². The first-order valence-electron chi connectivity index (χ1n) is 14.6. The van der Waals surface area contributed by atoms with Gasteiger partial charge >= 0.3 is 11.9 Å². The van der Waals surface area contributed by atoms with Crippen LogP contribution in [-0.2, 0) is 14.4 Å². The number of ketones is 1. The molecule has 0 amide bonds. The van der Waals surface area contributed by atoms with Crippen molar-refractivity contribution in [2.24, 2.45) is 32.7 Å². The van der Waals surface area contributed by atoms with Gasteiger partial charge in [0.15, 0.2) is 5.78 Å². The first-order chi connectivity index (χ1) is 21.0. The van der Waals surface area contributed by atoms with Crippen LogP contribution in [0, 0.1) is 17.8 Å². The number of carboxylic acid groups (broad SMARTS) is 2. The van der Waals surface area contributed by atoms with E-state index in [2.05, 4.69) is 11.9 Å². The van der Waals surface area contributed by atoms with Crippen LogP contribution >= 0.6 is 0 Å². The topological polar surface area (TPSA) is 161 Å². The van der Waals surface area contributed by atoms with Gasteiger partial charge in [0.2, 0.25) is 0 Å². The van der Waals surface area contributed by atoms with Crippen molar-refractivity contribution in [3.63, 3.8) is 0 Å². The molecule has 0 aromatic rings. The van der Waals surface area contributed by atoms with E-state index < -0.39 is 29.6 Å². The van der Waals surface area contributed by atoms with Crippen molar-refractivity contribution in [3.8, 4) is 0 Å². The zero-order chi connectivity index (χ0) is 31.6. The summed E-state index contributed by atoms with van der Waals surface area (Å²) in [5, 5.41) is 33.5. The highest BCUT2D eigenvalue weighted by Gasteiger charge is 2.51. The molecular weight excluding hydrogens is 560 g/mol. The van der Waals surface area contributed by atoms with Gasteiger partial charge < -0.3 is 20.6 Å². The van der Waals surface area contributed by atoms with Crippen LogP contribution in [-0.4, -0.2) is 50.2 Å². The molecule has 3 atom stereocenters. The second kappa shape index (κ2) is 10.6. The summed E-state index contributed by atoms with van der Waals surface area (Å²) < 4.78 is 0. The summed E-state index contributed by atoms with van der Waals surface area (Å²) in [6.07, 6.45) is 8.87. The Hall–Kier alpha value is -5.12. The maximum atomic E-state index is 13.8.